The SMILES string of the molecule is CCN(Cc1cccs1)C(=O)c1ccccc1S(C)(=O)=O. The van der Waals surface area contributed by atoms with Gasteiger partial charge in [0.05, 0.1) is 17.0 Å². The molecule has 0 aliphatic carbocycles. The minimum atomic E-state index is -3.43. The van der Waals surface area contributed by atoms with Crippen molar-refractivity contribution in [3.63, 3.8) is 0 Å². The van der Waals surface area contributed by atoms with Crippen molar-refractivity contribution in [1.29, 1.82) is 0 Å². The Bertz CT molecular complexity index is 721. The van der Waals surface area contributed by atoms with Crippen molar-refractivity contribution < 1.29 is 13.2 Å². The maximum absolute atomic E-state index is 12.6. The Labute approximate surface area is 129 Å². The van der Waals surface area contributed by atoms with Crippen LogP contribution in [0.5, 0.6) is 0 Å². The Morgan fingerprint density at radius 2 is 1.90 bits per heavy atom. The van der Waals surface area contributed by atoms with E-state index in [9.17, 15) is 13.2 Å². The van der Waals surface area contributed by atoms with E-state index in [1.165, 1.54) is 6.07 Å². The summed E-state index contributed by atoms with van der Waals surface area (Å²) in [5.74, 6) is -0.257. The molecule has 1 aromatic heterocycles. The number of sulfone groups is 1. The zero-order valence-corrected chi connectivity index (χ0v) is 13.6. The molecule has 0 saturated heterocycles. The number of rotatable bonds is 5. The monoisotopic (exact) mass is 323 g/mol. The fourth-order valence-corrected chi connectivity index (χ4v) is 3.65. The lowest BCUT2D eigenvalue weighted by Crippen LogP contribution is -2.31. The molecule has 0 N–H and O–H groups in total. The van der Waals surface area contributed by atoms with Crippen molar-refractivity contribution in [3.05, 3.63) is 52.2 Å². The van der Waals surface area contributed by atoms with E-state index in [0.717, 1.165) is 11.1 Å². The second kappa shape index (κ2) is 6.41. The van der Waals surface area contributed by atoms with E-state index in [2.05, 4.69) is 0 Å². The molecular weight excluding hydrogens is 306 g/mol. The lowest BCUT2D eigenvalue weighted by atomic mass is 10.2. The van der Waals surface area contributed by atoms with Gasteiger partial charge in [0.1, 0.15) is 0 Å². The fourth-order valence-electron chi connectivity index (χ4n) is 2.05. The van der Waals surface area contributed by atoms with E-state index in [-0.39, 0.29) is 16.4 Å². The van der Waals surface area contributed by atoms with Gasteiger partial charge < -0.3 is 4.90 Å². The molecule has 2 rings (SSSR count). The Morgan fingerprint density at radius 1 is 1.19 bits per heavy atom. The van der Waals surface area contributed by atoms with Crippen LogP contribution in [0.1, 0.15) is 22.2 Å². The van der Waals surface area contributed by atoms with Crippen LogP contribution >= 0.6 is 11.3 Å². The summed E-state index contributed by atoms with van der Waals surface area (Å²) in [6.07, 6.45) is 1.12. The molecule has 0 radical (unpaired) electrons. The van der Waals surface area contributed by atoms with Gasteiger partial charge in [-0.25, -0.2) is 8.42 Å². The summed E-state index contributed by atoms with van der Waals surface area (Å²) in [5, 5.41) is 1.96. The van der Waals surface area contributed by atoms with Crippen molar-refractivity contribution in [2.45, 2.75) is 18.4 Å². The molecule has 1 aromatic carbocycles. The second-order valence-corrected chi connectivity index (χ2v) is 7.68. The number of hydrogen-bond donors (Lipinski definition) is 0. The number of benzene rings is 1. The fraction of sp³-hybridized carbons (Fsp3) is 0.267. The number of nitrogens with zero attached hydrogens (tertiary/aromatic N) is 1. The maximum Gasteiger partial charge on any atom is 0.255 e. The first-order valence-electron chi connectivity index (χ1n) is 6.54. The maximum atomic E-state index is 12.6. The summed E-state index contributed by atoms with van der Waals surface area (Å²) in [6, 6.07) is 10.2. The van der Waals surface area contributed by atoms with Crippen LogP contribution in [0.3, 0.4) is 0 Å². The highest BCUT2D eigenvalue weighted by molar-refractivity contribution is 7.90. The van der Waals surface area contributed by atoms with Crippen LogP contribution < -0.4 is 0 Å². The Kier molecular flexibility index (Phi) is 4.80. The number of amides is 1. The lowest BCUT2D eigenvalue weighted by Gasteiger charge is -2.21. The molecule has 0 fully saturated rings. The number of hydrogen-bond acceptors (Lipinski definition) is 4. The predicted molar refractivity (Wildman–Crippen MR) is 84.3 cm³/mol. The average molecular weight is 323 g/mol. The van der Waals surface area contributed by atoms with E-state index in [4.69, 9.17) is 0 Å². The summed E-state index contributed by atoms with van der Waals surface area (Å²) in [4.78, 5) is 15.4. The predicted octanol–water partition coefficient (Wildman–Crippen LogP) is 2.81. The van der Waals surface area contributed by atoms with Crippen molar-refractivity contribution >= 4 is 27.1 Å². The van der Waals surface area contributed by atoms with Gasteiger partial charge in [-0.1, -0.05) is 18.2 Å². The molecule has 4 nitrogen and oxygen atoms in total. The third kappa shape index (κ3) is 3.71. The molecule has 0 spiro atoms. The summed E-state index contributed by atoms with van der Waals surface area (Å²) in [5.41, 5.74) is 0.235. The van der Waals surface area contributed by atoms with E-state index in [1.807, 2.05) is 24.4 Å². The quantitative estimate of drug-likeness (QED) is 0.850. The minimum Gasteiger partial charge on any atom is -0.334 e. The molecule has 1 heterocycles. The Hall–Kier alpha value is -1.66. The van der Waals surface area contributed by atoms with Crippen molar-refractivity contribution in [3.8, 4) is 0 Å². The molecule has 0 atom stereocenters. The van der Waals surface area contributed by atoms with Crippen LogP contribution in [0.25, 0.3) is 0 Å². The van der Waals surface area contributed by atoms with Gasteiger partial charge in [0.2, 0.25) is 0 Å². The highest BCUT2D eigenvalue weighted by atomic mass is 32.2. The molecule has 0 unspecified atom stereocenters. The van der Waals surface area contributed by atoms with Gasteiger partial charge in [-0.2, -0.15) is 0 Å². The number of thiophene rings is 1. The largest absolute Gasteiger partial charge is 0.334 e. The Balaban J connectivity index is 2.34. The normalized spacial score (nSPS) is 11.3. The molecule has 1 amide bonds. The number of carbonyl (C=O) groups is 1. The smallest absolute Gasteiger partial charge is 0.255 e. The zero-order valence-electron chi connectivity index (χ0n) is 11.9. The van der Waals surface area contributed by atoms with Crippen LogP contribution in [0.15, 0.2) is 46.7 Å². The van der Waals surface area contributed by atoms with Gasteiger partial charge in [-0.15, -0.1) is 11.3 Å². The van der Waals surface area contributed by atoms with E-state index in [1.54, 1.807) is 34.4 Å². The average Bonchev–Trinajstić information content (AvgIpc) is 2.96. The van der Waals surface area contributed by atoms with Crippen molar-refractivity contribution in [2.24, 2.45) is 0 Å². The zero-order chi connectivity index (χ0) is 15.5. The molecule has 21 heavy (non-hydrogen) atoms. The van der Waals surface area contributed by atoms with E-state index < -0.39 is 9.84 Å². The van der Waals surface area contributed by atoms with Crippen LogP contribution in [0, 0.1) is 0 Å². The standard InChI is InChI=1S/C15H17NO3S2/c1-3-16(11-12-7-6-10-20-12)15(17)13-8-4-5-9-14(13)21(2,18)19/h4-10H,3,11H2,1-2H3. The van der Waals surface area contributed by atoms with Gasteiger partial charge in [0.15, 0.2) is 9.84 Å². The molecule has 112 valence electrons. The Morgan fingerprint density at radius 3 is 2.48 bits per heavy atom. The summed E-state index contributed by atoms with van der Waals surface area (Å²) >= 11 is 1.58. The molecule has 2 aromatic rings. The highest BCUT2D eigenvalue weighted by Gasteiger charge is 2.22. The first-order valence-corrected chi connectivity index (χ1v) is 9.31. The summed E-state index contributed by atoms with van der Waals surface area (Å²) < 4.78 is 23.6. The minimum absolute atomic E-state index is 0.0830. The second-order valence-electron chi connectivity index (χ2n) is 4.67. The third-order valence-corrected chi connectivity index (χ3v) is 5.13. The highest BCUT2D eigenvalue weighted by Crippen LogP contribution is 2.19. The topological polar surface area (TPSA) is 54.5 Å². The van der Waals surface area contributed by atoms with Gasteiger partial charge in [-0.05, 0) is 30.5 Å². The molecule has 0 aliphatic rings. The molecular formula is C15H17NO3S2. The van der Waals surface area contributed by atoms with Crippen molar-refractivity contribution in [1.82, 2.24) is 4.90 Å². The lowest BCUT2D eigenvalue weighted by molar-refractivity contribution is 0.0750. The molecule has 0 bridgehead atoms. The van der Waals surface area contributed by atoms with Crippen molar-refractivity contribution in [2.75, 3.05) is 12.8 Å². The number of carbonyl (C=O) groups excluding carboxylic acids is 1. The summed E-state index contributed by atoms with van der Waals surface area (Å²) in [6.45, 7) is 2.90. The first-order chi connectivity index (χ1) is 9.93. The molecule has 0 aliphatic heterocycles. The van der Waals surface area contributed by atoms with Gasteiger partial charge >= 0.3 is 0 Å². The van der Waals surface area contributed by atoms with Gasteiger partial charge in [0, 0.05) is 17.7 Å². The molecule has 0 saturated carbocycles. The van der Waals surface area contributed by atoms with E-state index >= 15 is 0 Å². The van der Waals surface area contributed by atoms with Crippen LogP contribution in [-0.2, 0) is 16.4 Å². The van der Waals surface area contributed by atoms with Crippen LogP contribution in [0.4, 0.5) is 0 Å². The van der Waals surface area contributed by atoms with Crippen LogP contribution in [0.2, 0.25) is 0 Å². The van der Waals surface area contributed by atoms with E-state index in [0.29, 0.717) is 13.1 Å². The van der Waals surface area contributed by atoms with Gasteiger partial charge in [0.25, 0.3) is 5.91 Å². The summed E-state index contributed by atoms with van der Waals surface area (Å²) in [7, 11) is -3.43. The first kappa shape index (κ1) is 15.7. The van der Waals surface area contributed by atoms with Crippen LogP contribution in [-0.4, -0.2) is 32.0 Å². The van der Waals surface area contributed by atoms with Gasteiger partial charge in [-0.3, -0.25) is 4.79 Å². The third-order valence-electron chi connectivity index (χ3n) is 3.11. The molecule has 6 heteroatoms.